The van der Waals surface area contributed by atoms with E-state index in [9.17, 15) is 27.3 Å². The van der Waals surface area contributed by atoms with Gasteiger partial charge in [0.25, 0.3) is 0 Å². The maximum absolute atomic E-state index is 13.3. The van der Waals surface area contributed by atoms with Crippen molar-refractivity contribution in [2.45, 2.75) is 26.1 Å². The summed E-state index contributed by atoms with van der Waals surface area (Å²) in [6.45, 7) is 1.49. The lowest BCUT2D eigenvalue weighted by molar-refractivity contribution is -0.136. The molecule has 26 heavy (non-hydrogen) atoms. The Morgan fingerprint density at radius 1 is 1.27 bits per heavy atom. The minimum absolute atomic E-state index is 0.0605. The van der Waals surface area contributed by atoms with Gasteiger partial charge in [0.2, 0.25) is 0 Å². The van der Waals surface area contributed by atoms with Crippen LogP contribution in [0.25, 0.3) is 11.0 Å². The summed E-state index contributed by atoms with van der Waals surface area (Å²) in [5.74, 6) is 0. The summed E-state index contributed by atoms with van der Waals surface area (Å²) >= 11 is 0. The van der Waals surface area contributed by atoms with E-state index >= 15 is 0 Å². The van der Waals surface area contributed by atoms with Gasteiger partial charge in [-0.2, -0.15) is 13.2 Å². The molecule has 1 aromatic heterocycles. The minimum Gasteiger partial charge on any atom is -0.385 e. The lowest BCUT2D eigenvalue weighted by atomic mass is 10.1. The molecule has 0 saturated carbocycles. The molecule has 1 heterocycles. The third-order valence-corrected chi connectivity index (χ3v) is 4.38. The molecule has 1 aromatic carbocycles. The number of fused-ring (bicyclic) bond motifs is 1. The first kappa shape index (κ1) is 20.2. The van der Waals surface area contributed by atoms with Crippen LogP contribution < -0.4 is 16.4 Å². The van der Waals surface area contributed by atoms with E-state index < -0.39 is 43.2 Å². The van der Waals surface area contributed by atoms with E-state index in [1.54, 1.807) is 6.92 Å². The van der Waals surface area contributed by atoms with Crippen LogP contribution in [0.2, 0.25) is 0 Å². The Morgan fingerprint density at radius 3 is 2.46 bits per heavy atom. The number of benzene rings is 1. The van der Waals surface area contributed by atoms with Gasteiger partial charge in [-0.15, -0.1) is 0 Å². The monoisotopic (exact) mass is 395 g/mol. The average molecular weight is 395 g/mol. The number of anilines is 1. The smallest absolute Gasteiger partial charge is 0.385 e. The molecule has 2 rings (SSSR count). The van der Waals surface area contributed by atoms with Crippen molar-refractivity contribution >= 4 is 24.3 Å². The Hall–Kier alpha value is -2.10. The largest absolute Gasteiger partial charge is 0.418 e. The number of H-pyrrole nitrogens is 1. The number of nitrogens with one attached hydrogen (secondary N) is 2. The number of nitrogens with zero attached hydrogens (tertiary/aromatic N) is 1. The predicted octanol–water partition coefficient (Wildman–Crippen LogP) is 1.71. The first-order chi connectivity index (χ1) is 11.9. The lowest BCUT2D eigenvalue weighted by Gasteiger charge is -2.17. The van der Waals surface area contributed by atoms with E-state index in [0.29, 0.717) is 12.5 Å². The molecule has 0 aliphatic carbocycles. The normalized spacial score (nSPS) is 12.5. The molecule has 0 fully saturated rings. The summed E-state index contributed by atoms with van der Waals surface area (Å²) in [4.78, 5) is 43.8. The molecule has 0 aliphatic rings. The van der Waals surface area contributed by atoms with Crippen LogP contribution in [-0.4, -0.2) is 32.0 Å². The Bertz CT molecular complexity index is 977. The van der Waals surface area contributed by atoms with Crippen molar-refractivity contribution in [3.63, 3.8) is 0 Å². The molecule has 0 radical (unpaired) electrons. The Morgan fingerprint density at radius 2 is 1.92 bits per heavy atom. The van der Waals surface area contributed by atoms with Gasteiger partial charge < -0.3 is 24.7 Å². The second kappa shape index (κ2) is 7.26. The second-order valence-corrected chi connectivity index (χ2v) is 7.42. The molecule has 8 nitrogen and oxygen atoms in total. The van der Waals surface area contributed by atoms with Crippen molar-refractivity contribution in [3.8, 4) is 0 Å². The van der Waals surface area contributed by atoms with E-state index in [0.717, 1.165) is 10.6 Å². The number of aryl methyl sites for hydroxylation is 1. The lowest BCUT2D eigenvalue weighted by Crippen LogP contribution is -2.37. The number of hydrogen-bond acceptors (Lipinski definition) is 4. The van der Waals surface area contributed by atoms with E-state index in [4.69, 9.17) is 9.79 Å². The molecular formula is C14H17F3N3O5P. The summed E-state index contributed by atoms with van der Waals surface area (Å²) in [7, 11) is -4.48. The first-order valence-electron chi connectivity index (χ1n) is 7.60. The third-order valence-electron chi connectivity index (χ3n) is 3.60. The van der Waals surface area contributed by atoms with Gasteiger partial charge >= 0.3 is 24.9 Å². The summed E-state index contributed by atoms with van der Waals surface area (Å²) < 4.78 is 51.7. The van der Waals surface area contributed by atoms with Crippen LogP contribution in [-0.2, 0) is 17.3 Å². The van der Waals surface area contributed by atoms with Gasteiger partial charge in [-0.3, -0.25) is 14.2 Å². The van der Waals surface area contributed by atoms with Gasteiger partial charge in [0.1, 0.15) is 0 Å². The van der Waals surface area contributed by atoms with Gasteiger partial charge in [-0.1, -0.05) is 6.92 Å². The number of aromatic amines is 1. The fraction of sp³-hybridized carbons (Fsp3) is 0.429. The van der Waals surface area contributed by atoms with Crippen molar-refractivity contribution < 1.29 is 27.5 Å². The highest BCUT2D eigenvalue weighted by Gasteiger charge is 2.34. The average Bonchev–Trinajstić information content (AvgIpc) is 2.51. The van der Waals surface area contributed by atoms with Crippen molar-refractivity contribution in [1.29, 1.82) is 0 Å². The highest BCUT2D eigenvalue weighted by Crippen LogP contribution is 2.37. The SMILES string of the molecule is CCCNc1cc2c(cc1C(F)(F)F)[nH]c(=O)c(=O)n2CCP(=O)(O)O. The van der Waals surface area contributed by atoms with E-state index in [1.165, 1.54) is 0 Å². The highest BCUT2D eigenvalue weighted by molar-refractivity contribution is 7.51. The molecule has 2 aromatic rings. The minimum atomic E-state index is -4.70. The number of halogens is 3. The zero-order chi connectivity index (χ0) is 19.7. The fourth-order valence-electron chi connectivity index (χ4n) is 2.41. The van der Waals surface area contributed by atoms with E-state index in [-0.39, 0.29) is 23.3 Å². The number of rotatable bonds is 6. The van der Waals surface area contributed by atoms with Crippen LogP contribution in [0.3, 0.4) is 0 Å². The molecule has 144 valence electrons. The predicted molar refractivity (Wildman–Crippen MR) is 89.5 cm³/mol. The van der Waals surface area contributed by atoms with Crippen molar-refractivity contribution in [2.75, 3.05) is 18.0 Å². The third kappa shape index (κ3) is 4.54. The number of hydrogen-bond donors (Lipinski definition) is 4. The van der Waals surface area contributed by atoms with E-state index in [2.05, 4.69) is 10.3 Å². The summed E-state index contributed by atoms with van der Waals surface area (Å²) in [6, 6.07) is 1.74. The maximum Gasteiger partial charge on any atom is 0.418 e. The molecule has 0 aliphatic heterocycles. The Labute approximate surface area is 144 Å². The zero-order valence-corrected chi connectivity index (χ0v) is 14.5. The quantitative estimate of drug-likeness (QED) is 0.436. The molecule has 0 spiro atoms. The molecule has 0 amide bonds. The van der Waals surface area contributed by atoms with Gasteiger partial charge in [0.15, 0.2) is 0 Å². The zero-order valence-electron chi connectivity index (χ0n) is 13.6. The second-order valence-electron chi connectivity index (χ2n) is 5.64. The van der Waals surface area contributed by atoms with Crippen LogP contribution in [0.4, 0.5) is 18.9 Å². The first-order valence-corrected chi connectivity index (χ1v) is 9.40. The fourth-order valence-corrected chi connectivity index (χ4v) is 2.87. The maximum atomic E-state index is 13.3. The van der Waals surface area contributed by atoms with Crippen molar-refractivity contribution in [3.05, 3.63) is 38.4 Å². The van der Waals surface area contributed by atoms with E-state index in [1.807, 2.05) is 0 Å². The molecule has 0 unspecified atom stereocenters. The van der Waals surface area contributed by atoms with Gasteiger partial charge in [0.05, 0.1) is 22.8 Å². The van der Waals surface area contributed by atoms with Crippen LogP contribution in [0.5, 0.6) is 0 Å². The molecule has 4 N–H and O–H groups in total. The van der Waals surface area contributed by atoms with Crippen LogP contribution >= 0.6 is 7.60 Å². The van der Waals surface area contributed by atoms with Gasteiger partial charge in [0, 0.05) is 18.8 Å². The molecule has 0 saturated heterocycles. The summed E-state index contributed by atoms with van der Waals surface area (Å²) in [5.41, 5.74) is -3.90. The van der Waals surface area contributed by atoms with Gasteiger partial charge in [-0.25, -0.2) is 0 Å². The Kier molecular flexibility index (Phi) is 5.64. The van der Waals surface area contributed by atoms with Crippen LogP contribution in [0, 0.1) is 0 Å². The van der Waals surface area contributed by atoms with Crippen molar-refractivity contribution in [1.82, 2.24) is 9.55 Å². The van der Waals surface area contributed by atoms with Crippen LogP contribution in [0.1, 0.15) is 18.9 Å². The van der Waals surface area contributed by atoms with Crippen molar-refractivity contribution in [2.24, 2.45) is 0 Å². The number of alkyl halides is 3. The van der Waals surface area contributed by atoms with Gasteiger partial charge in [-0.05, 0) is 18.6 Å². The standard InChI is InChI=1S/C14H17F3N3O5P/c1-2-3-18-9-7-11-10(6-8(9)14(15,16)17)19-12(21)13(22)20(11)4-5-26(23,24)25/h6-7,18H,2-5H2,1H3,(H,19,21)(H2,23,24,25). The molecular weight excluding hydrogens is 378 g/mol. The Balaban J connectivity index is 2.74. The molecule has 12 heteroatoms. The summed E-state index contributed by atoms with van der Waals surface area (Å²) in [6.07, 6.45) is -4.88. The summed E-state index contributed by atoms with van der Waals surface area (Å²) in [5, 5.41) is 2.61. The topological polar surface area (TPSA) is 124 Å². The number of aromatic nitrogens is 2. The highest BCUT2D eigenvalue weighted by atomic mass is 31.2. The molecule has 0 bridgehead atoms. The molecule has 0 atom stereocenters. The van der Waals surface area contributed by atoms with Crippen LogP contribution in [0.15, 0.2) is 21.7 Å².